The second kappa shape index (κ2) is 6.34. The van der Waals surface area contributed by atoms with E-state index in [-0.39, 0.29) is 18.1 Å². The molecule has 2 heterocycles. The molecule has 0 fully saturated rings. The van der Waals surface area contributed by atoms with Gasteiger partial charge in [-0.1, -0.05) is 29.4 Å². The first kappa shape index (κ1) is 14.2. The number of benzene rings is 1. The molecule has 1 amide bonds. The number of amides is 1. The Kier molecular flexibility index (Phi) is 4.09. The summed E-state index contributed by atoms with van der Waals surface area (Å²) in [6, 6.07) is 9.96. The molecule has 2 aromatic rings. The van der Waals surface area contributed by atoms with Crippen molar-refractivity contribution in [2.24, 2.45) is 5.16 Å². The lowest BCUT2D eigenvalue weighted by atomic mass is 10.0. The molecule has 0 aliphatic carbocycles. The number of hydrogen-bond donors (Lipinski definition) is 1. The first-order valence-electron chi connectivity index (χ1n) is 6.88. The molecule has 22 heavy (non-hydrogen) atoms. The zero-order chi connectivity index (χ0) is 15.4. The minimum Gasteiger partial charge on any atom is -0.382 e. The highest BCUT2D eigenvalue weighted by atomic mass is 19.1. The van der Waals surface area contributed by atoms with Gasteiger partial charge in [0.15, 0.2) is 0 Å². The number of hydrogen-bond acceptors (Lipinski definition) is 4. The maximum atomic E-state index is 13.7. The van der Waals surface area contributed by atoms with Gasteiger partial charge in [0.05, 0.1) is 5.71 Å². The zero-order valence-corrected chi connectivity index (χ0v) is 11.7. The van der Waals surface area contributed by atoms with E-state index in [2.05, 4.69) is 15.5 Å². The largest absolute Gasteiger partial charge is 0.382 e. The van der Waals surface area contributed by atoms with Crippen LogP contribution < -0.4 is 5.32 Å². The number of halogens is 1. The molecule has 0 unspecified atom stereocenters. The van der Waals surface area contributed by atoms with E-state index >= 15 is 0 Å². The molecule has 1 aliphatic rings. The summed E-state index contributed by atoms with van der Waals surface area (Å²) < 4.78 is 13.7. The first-order valence-corrected chi connectivity index (χ1v) is 6.88. The van der Waals surface area contributed by atoms with Crippen molar-refractivity contribution < 1.29 is 14.0 Å². The van der Waals surface area contributed by atoms with Crippen molar-refractivity contribution in [2.75, 3.05) is 0 Å². The van der Waals surface area contributed by atoms with Gasteiger partial charge < -0.3 is 10.2 Å². The summed E-state index contributed by atoms with van der Waals surface area (Å²) in [6.45, 7) is 0.363. The van der Waals surface area contributed by atoms with Crippen molar-refractivity contribution in [3.8, 4) is 0 Å². The molecular weight excluding hydrogens is 285 g/mol. The molecular formula is C16H14FN3O2. The van der Waals surface area contributed by atoms with Gasteiger partial charge in [-0.25, -0.2) is 4.39 Å². The molecule has 0 saturated carbocycles. The summed E-state index contributed by atoms with van der Waals surface area (Å²) in [5, 5.41) is 6.58. The molecule has 6 heteroatoms. The number of pyridine rings is 1. The minimum atomic E-state index is -0.730. The van der Waals surface area contributed by atoms with Gasteiger partial charge in [-0.3, -0.25) is 9.78 Å². The molecule has 0 spiro atoms. The minimum absolute atomic E-state index is 0.250. The van der Waals surface area contributed by atoms with Gasteiger partial charge in [0.25, 0.3) is 5.91 Å². The Bertz CT molecular complexity index is 704. The van der Waals surface area contributed by atoms with Gasteiger partial charge in [-0.05, 0) is 17.7 Å². The zero-order valence-electron chi connectivity index (χ0n) is 11.7. The van der Waals surface area contributed by atoms with Crippen LogP contribution >= 0.6 is 0 Å². The molecule has 1 N–H and O–H groups in total. The summed E-state index contributed by atoms with van der Waals surface area (Å²) in [5.41, 5.74) is 1.70. The molecule has 1 aliphatic heterocycles. The topological polar surface area (TPSA) is 63.6 Å². The van der Waals surface area contributed by atoms with Gasteiger partial charge >= 0.3 is 0 Å². The summed E-state index contributed by atoms with van der Waals surface area (Å²) in [5.74, 6) is -0.653. The number of nitrogens with zero attached hydrogens (tertiary/aromatic N) is 2. The lowest BCUT2D eigenvalue weighted by Crippen LogP contribution is -2.34. The van der Waals surface area contributed by atoms with Crippen LogP contribution in [0.15, 0.2) is 53.9 Å². The predicted octanol–water partition coefficient (Wildman–Crippen LogP) is 2.03. The second-order valence-electron chi connectivity index (χ2n) is 4.90. The molecule has 0 bridgehead atoms. The van der Waals surface area contributed by atoms with Crippen LogP contribution in [0.5, 0.6) is 0 Å². The fourth-order valence-electron chi connectivity index (χ4n) is 2.18. The summed E-state index contributed by atoms with van der Waals surface area (Å²) in [7, 11) is 0. The van der Waals surface area contributed by atoms with Crippen molar-refractivity contribution in [1.29, 1.82) is 0 Å². The van der Waals surface area contributed by atoms with Crippen LogP contribution in [0, 0.1) is 5.82 Å². The van der Waals surface area contributed by atoms with E-state index in [1.165, 1.54) is 6.07 Å². The molecule has 1 aromatic carbocycles. The van der Waals surface area contributed by atoms with E-state index in [4.69, 9.17) is 4.84 Å². The van der Waals surface area contributed by atoms with Crippen LogP contribution in [0.4, 0.5) is 4.39 Å². The standard InChI is InChI=1S/C16H14FN3O2/c17-13-6-2-1-5-12(13)14-8-15(22-20-14)16(21)19-10-11-4-3-7-18-9-11/h1-7,9,15H,8,10H2,(H,19,21)/t15-/m0/s1. The molecule has 112 valence electrons. The Hall–Kier alpha value is -2.76. The Balaban J connectivity index is 1.57. The van der Waals surface area contributed by atoms with Crippen LogP contribution in [0.25, 0.3) is 0 Å². The molecule has 1 aromatic heterocycles. The second-order valence-corrected chi connectivity index (χ2v) is 4.90. The fraction of sp³-hybridized carbons (Fsp3) is 0.188. The van der Waals surface area contributed by atoms with E-state index in [9.17, 15) is 9.18 Å². The van der Waals surface area contributed by atoms with E-state index in [1.807, 2.05) is 6.07 Å². The lowest BCUT2D eigenvalue weighted by molar-refractivity contribution is -0.131. The Morgan fingerprint density at radius 2 is 2.18 bits per heavy atom. The maximum Gasteiger partial charge on any atom is 0.264 e. The summed E-state index contributed by atoms with van der Waals surface area (Å²) in [6.07, 6.45) is 2.86. The molecule has 0 saturated heterocycles. The number of aromatic nitrogens is 1. The van der Waals surface area contributed by atoms with Crippen LogP contribution in [-0.2, 0) is 16.2 Å². The van der Waals surface area contributed by atoms with E-state index in [0.29, 0.717) is 17.8 Å². The maximum absolute atomic E-state index is 13.7. The van der Waals surface area contributed by atoms with Crippen molar-refractivity contribution in [3.05, 3.63) is 65.7 Å². The number of oxime groups is 1. The quantitative estimate of drug-likeness (QED) is 0.939. The number of carbonyl (C=O) groups excluding carboxylic acids is 1. The van der Waals surface area contributed by atoms with Gasteiger partial charge in [-0.15, -0.1) is 0 Å². The third-order valence-electron chi connectivity index (χ3n) is 3.34. The third-order valence-corrected chi connectivity index (χ3v) is 3.34. The number of nitrogens with one attached hydrogen (secondary N) is 1. The summed E-state index contributed by atoms with van der Waals surface area (Å²) >= 11 is 0. The average molecular weight is 299 g/mol. The van der Waals surface area contributed by atoms with Gasteiger partial charge in [0.1, 0.15) is 5.82 Å². The smallest absolute Gasteiger partial charge is 0.264 e. The fourth-order valence-corrected chi connectivity index (χ4v) is 2.18. The molecule has 1 atom stereocenters. The predicted molar refractivity (Wildman–Crippen MR) is 78.5 cm³/mol. The third kappa shape index (κ3) is 3.11. The van der Waals surface area contributed by atoms with E-state index in [1.54, 1.807) is 36.7 Å². The lowest BCUT2D eigenvalue weighted by Gasteiger charge is -2.09. The van der Waals surface area contributed by atoms with Gasteiger partial charge in [-0.2, -0.15) is 0 Å². The number of carbonyl (C=O) groups is 1. The van der Waals surface area contributed by atoms with Crippen molar-refractivity contribution in [2.45, 2.75) is 19.1 Å². The van der Waals surface area contributed by atoms with Crippen LogP contribution in [0.3, 0.4) is 0 Å². The highest BCUT2D eigenvalue weighted by Gasteiger charge is 2.29. The summed E-state index contributed by atoms with van der Waals surface area (Å²) in [4.78, 5) is 21.2. The van der Waals surface area contributed by atoms with E-state index < -0.39 is 6.10 Å². The van der Waals surface area contributed by atoms with Crippen molar-refractivity contribution in [1.82, 2.24) is 10.3 Å². The van der Waals surface area contributed by atoms with Gasteiger partial charge in [0, 0.05) is 30.9 Å². The van der Waals surface area contributed by atoms with E-state index in [0.717, 1.165) is 5.56 Å². The Morgan fingerprint density at radius 3 is 2.95 bits per heavy atom. The number of rotatable bonds is 4. The van der Waals surface area contributed by atoms with Crippen molar-refractivity contribution >= 4 is 11.6 Å². The highest BCUT2D eigenvalue weighted by molar-refractivity contribution is 6.04. The Labute approximate surface area is 126 Å². The van der Waals surface area contributed by atoms with Crippen LogP contribution in [-0.4, -0.2) is 22.7 Å². The SMILES string of the molecule is O=C(NCc1cccnc1)[C@@H]1CC(c2ccccc2F)=NO1. The van der Waals surface area contributed by atoms with Gasteiger partial charge in [0.2, 0.25) is 6.10 Å². The Morgan fingerprint density at radius 1 is 1.32 bits per heavy atom. The highest BCUT2D eigenvalue weighted by Crippen LogP contribution is 2.19. The van der Waals surface area contributed by atoms with Crippen LogP contribution in [0.1, 0.15) is 17.5 Å². The molecule has 0 radical (unpaired) electrons. The van der Waals surface area contributed by atoms with Crippen molar-refractivity contribution in [3.63, 3.8) is 0 Å². The first-order chi connectivity index (χ1) is 10.7. The average Bonchev–Trinajstić information content (AvgIpc) is 3.04. The van der Waals surface area contributed by atoms with Crippen LogP contribution in [0.2, 0.25) is 0 Å². The molecule has 3 rings (SSSR count). The molecule has 5 nitrogen and oxygen atoms in total. The normalized spacial score (nSPS) is 16.8. The monoisotopic (exact) mass is 299 g/mol.